The number of hydrogen-bond donors (Lipinski definition) is 1. The van der Waals surface area contributed by atoms with E-state index >= 15 is 0 Å². The molecule has 0 aliphatic carbocycles. The van der Waals surface area contributed by atoms with Crippen LogP contribution in [0.2, 0.25) is 0 Å². The van der Waals surface area contributed by atoms with Gasteiger partial charge in [0.2, 0.25) is 0 Å². The number of nitrogens with zero attached hydrogens (tertiary/aromatic N) is 2. The van der Waals surface area contributed by atoms with Gasteiger partial charge in [0.15, 0.2) is 5.82 Å². The van der Waals surface area contributed by atoms with Gasteiger partial charge in [0, 0.05) is 26.6 Å². The zero-order valence-corrected chi connectivity index (χ0v) is 10.2. The van der Waals surface area contributed by atoms with E-state index in [0.29, 0.717) is 5.82 Å². The van der Waals surface area contributed by atoms with Crippen LogP contribution in [0.25, 0.3) is 22.0 Å². The Bertz CT molecular complexity index is 688. The molecule has 0 bridgehead atoms. The zero-order valence-electron chi connectivity index (χ0n) is 9.34. The first-order chi connectivity index (χ1) is 8.25. The number of hydrogen-bond acceptors (Lipinski definition) is 4. The summed E-state index contributed by atoms with van der Waals surface area (Å²) in [5.74, 6) is 0.483. The number of thiophene rings is 1. The van der Waals surface area contributed by atoms with Crippen LogP contribution >= 0.6 is 11.3 Å². The van der Waals surface area contributed by atoms with Gasteiger partial charge in [-0.25, -0.2) is 0 Å². The van der Waals surface area contributed by atoms with Gasteiger partial charge in [0.05, 0.1) is 0 Å². The molecule has 2 N–H and O–H groups in total. The van der Waals surface area contributed by atoms with Gasteiger partial charge in [-0.1, -0.05) is 24.3 Å². The second kappa shape index (κ2) is 3.82. The fourth-order valence-corrected chi connectivity index (χ4v) is 2.59. The largest absolute Gasteiger partial charge is 0.382 e. The minimum atomic E-state index is 0.483. The van der Waals surface area contributed by atoms with E-state index < -0.39 is 0 Å². The lowest BCUT2D eigenvalue weighted by atomic mass is 10.1. The van der Waals surface area contributed by atoms with Crippen molar-refractivity contribution in [1.29, 1.82) is 0 Å². The van der Waals surface area contributed by atoms with Crippen LogP contribution in [0.1, 0.15) is 4.88 Å². The molecule has 3 nitrogen and oxygen atoms in total. The summed E-state index contributed by atoms with van der Waals surface area (Å²) in [6, 6.07) is 10.1. The third kappa shape index (κ3) is 1.66. The fraction of sp³-hybridized carbons (Fsp3) is 0.0769. The van der Waals surface area contributed by atoms with Gasteiger partial charge in [0.25, 0.3) is 0 Å². The molecule has 0 radical (unpaired) electrons. The van der Waals surface area contributed by atoms with Crippen LogP contribution in [-0.4, -0.2) is 10.2 Å². The summed E-state index contributed by atoms with van der Waals surface area (Å²) >= 11 is 1.71. The van der Waals surface area contributed by atoms with Crippen LogP contribution in [0.15, 0.2) is 35.7 Å². The summed E-state index contributed by atoms with van der Waals surface area (Å²) in [6.07, 6.45) is 0. The summed E-state index contributed by atoms with van der Waals surface area (Å²) in [6.45, 7) is 2.08. The molecule has 0 atom stereocenters. The molecule has 3 rings (SSSR count). The number of nitrogen functional groups attached to an aromatic ring is 1. The maximum atomic E-state index is 5.84. The maximum absolute atomic E-state index is 5.84. The van der Waals surface area contributed by atoms with Crippen LogP contribution < -0.4 is 5.73 Å². The van der Waals surface area contributed by atoms with Gasteiger partial charge < -0.3 is 5.73 Å². The monoisotopic (exact) mass is 241 g/mol. The first kappa shape index (κ1) is 10.2. The standard InChI is InChI=1S/C13H11N3S/c1-8-6-9(7-17-8)12-10-4-2-3-5-11(10)13(14)16-15-12/h2-7H,1H3,(H2,14,16). The molecule has 0 aliphatic heterocycles. The van der Waals surface area contributed by atoms with E-state index in [1.807, 2.05) is 24.3 Å². The average Bonchev–Trinajstić information content (AvgIpc) is 2.77. The van der Waals surface area contributed by atoms with Gasteiger partial charge in [-0.15, -0.1) is 21.5 Å². The number of benzene rings is 1. The van der Waals surface area contributed by atoms with E-state index in [2.05, 4.69) is 28.6 Å². The topological polar surface area (TPSA) is 51.8 Å². The molecule has 2 aromatic heterocycles. The maximum Gasteiger partial charge on any atom is 0.154 e. The van der Waals surface area contributed by atoms with Crippen molar-refractivity contribution in [2.45, 2.75) is 6.92 Å². The Kier molecular flexibility index (Phi) is 2.30. The molecule has 17 heavy (non-hydrogen) atoms. The molecule has 3 aromatic rings. The Hall–Kier alpha value is -1.94. The van der Waals surface area contributed by atoms with Crippen LogP contribution in [0.4, 0.5) is 5.82 Å². The van der Waals surface area contributed by atoms with Crippen LogP contribution in [0.5, 0.6) is 0 Å². The number of rotatable bonds is 1. The molecular formula is C13H11N3S. The van der Waals surface area contributed by atoms with Crippen molar-refractivity contribution in [2.24, 2.45) is 0 Å². The van der Waals surface area contributed by atoms with Gasteiger partial charge in [0.1, 0.15) is 5.69 Å². The van der Waals surface area contributed by atoms with Gasteiger partial charge >= 0.3 is 0 Å². The highest BCUT2D eigenvalue weighted by Gasteiger charge is 2.09. The van der Waals surface area contributed by atoms with Crippen molar-refractivity contribution in [3.63, 3.8) is 0 Å². The molecule has 0 unspecified atom stereocenters. The predicted molar refractivity (Wildman–Crippen MR) is 72.0 cm³/mol. The number of anilines is 1. The molecular weight excluding hydrogens is 230 g/mol. The molecule has 0 fully saturated rings. The molecule has 1 aromatic carbocycles. The molecule has 0 amide bonds. The first-order valence-corrected chi connectivity index (χ1v) is 6.20. The molecule has 0 spiro atoms. The van der Waals surface area contributed by atoms with E-state index in [-0.39, 0.29) is 0 Å². The Morgan fingerprint density at radius 2 is 1.88 bits per heavy atom. The third-order valence-electron chi connectivity index (χ3n) is 2.72. The third-order valence-corrected chi connectivity index (χ3v) is 3.58. The van der Waals surface area contributed by atoms with E-state index in [0.717, 1.165) is 22.0 Å². The van der Waals surface area contributed by atoms with Gasteiger partial charge in [-0.3, -0.25) is 0 Å². The lowest BCUT2D eigenvalue weighted by Crippen LogP contribution is -1.96. The normalized spacial score (nSPS) is 10.9. The SMILES string of the molecule is Cc1cc(-c2nnc(N)c3ccccc23)cs1. The van der Waals surface area contributed by atoms with Crippen LogP contribution in [-0.2, 0) is 0 Å². The van der Waals surface area contributed by atoms with Crippen LogP contribution in [0, 0.1) is 6.92 Å². The van der Waals surface area contributed by atoms with Crippen molar-refractivity contribution < 1.29 is 0 Å². The summed E-state index contributed by atoms with van der Waals surface area (Å²) < 4.78 is 0. The minimum absolute atomic E-state index is 0.483. The van der Waals surface area contributed by atoms with E-state index in [9.17, 15) is 0 Å². The minimum Gasteiger partial charge on any atom is -0.382 e. The Morgan fingerprint density at radius 3 is 2.59 bits per heavy atom. The fourth-order valence-electron chi connectivity index (χ4n) is 1.91. The van der Waals surface area contributed by atoms with Crippen molar-refractivity contribution in [1.82, 2.24) is 10.2 Å². The number of fused-ring (bicyclic) bond motifs is 1. The summed E-state index contributed by atoms with van der Waals surface area (Å²) in [5.41, 5.74) is 7.85. The van der Waals surface area contributed by atoms with Crippen molar-refractivity contribution >= 4 is 27.9 Å². The number of aryl methyl sites for hydroxylation is 1. The summed E-state index contributed by atoms with van der Waals surface area (Å²) in [4.78, 5) is 1.27. The summed E-state index contributed by atoms with van der Waals surface area (Å²) in [7, 11) is 0. The zero-order chi connectivity index (χ0) is 11.8. The molecule has 0 aliphatic rings. The lowest BCUT2D eigenvalue weighted by Gasteiger charge is -2.04. The highest BCUT2D eigenvalue weighted by Crippen LogP contribution is 2.30. The molecule has 4 heteroatoms. The Morgan fingerprint density at radius 1 is 1.12 bits per heavy atom. The van der Waals surface area contributed by atoms with Gasteiger partial charge in [-0.05, 0) is 13.0 Å². The second-order valence-corrected chi connectivity index (χ2v) is 5.04. The number of aromatic nitrogens is 2. The Balaban J connectivity index is 2.34. The highest BCUT2D eigenvalue weighted by atomic mass is 32.1. The Labute approximate surface area is 103 Å². The van der Waals surface area contributed by atoms with Crippen LogP contribution in [0.3, 0.4) is 0 Å². The van der Waals surface area contributed by atoms with E-state index in [1.54, 1.807) is 11.3 Å². The van der Waals surface area contributed by atoms with Crippen molar-refractivity contribution in [3.05, 3.63) is 40.6 Å². The van der Waals surface area contributed by atoms with Crippen molar-refractivity contribution in [3.8, 4) is 11.3 Å². The predicted octanol–water partition coefficient (Wildman–Crippen LogP) is 3.25. The highest BCUT2D eigenvalue weighted by molar-refractivity contribution is 7.10. The second-order valence-electron chi connectivity index (χ2n) is 3.93. The van der Waals surface area contributed by atoms with Gasteiger partial charge in [-0.2, -0.15) is 0 Å². The average molecular weight is 241 g/mol. The molecule has 84 valence electrons. The number of nitrogens with two attached hydrogens (primary N) is 1. The van der Waals surface area contributed by atoms with Crippen molar-refractivity contribution in [2.75, 3.05) is 5.73 Å². The quantitative estimate of drug-likeness (QED) is 0.711. The first-order valence-electron chi connectivity index (χ1n) is 5.32. The smallest absolute Gasteiger partial charge is 0.154 e. The molecule has 0 saturated carbocycles. The summed E-state index contributed by atoms with van der Waals surface area (Å²) in [5, 5.41) is 12.4. The molecule has 0 saturated heterocycles. The van der Waals surface area contributed by atoms with E-state index in [4.69, 9.17) is 5.73 Å². The lowest BCUT2D eigenvalue weighted by molar-refractivity contribution is 1.07. The molecule has 2 heterocycles. The van der Waals surface area contributed by atoms with E-state index in [1.165, 1.54) is 4.88 Å².